The topological polar surface area (TPSA) is 180 Å². The SMILES string of the molecule is CC(C)CC(NC(=O)C(CC(C)C)NC(=O)C1CCCN1)C(=O)NC(CCC(N)=O)C(=O)O. The molecule has 0 spiro atoms. The number of rotatable bonds is 14. The smallest absolute Gasteiger partial charge is 0.326 e. The Balaban J connectivity index is 2.91. The number of hydrogen-bond donors (Lipinski definition) is 6. The highest BCUT2D eigenvalue weighted by atomic mass is 16.4. The van der Waals surface area contributed by atoms with Crippen molar-refractivity contribution in [2.45, 2.75) is 90.4 Å². The van der Waals surface area contributed by atoms with Gasteiger partial charge < -0.3 is 32.1 Å². The van der Waals surface area contributed by atoms with E-state index in [9.17, 15) is 29.1 Å². The molecule has 0 aromatic rings. The summed E-state index contributed by atoms with van der Waals surface area (Å²) in [5, 5.41) is 20.3. The summed E-state index contributed by atoms with van der Waals surface area (Å²) in [4.78, 5) is 60.9. The van der Waals surface area contributed by atoms with Gasteiger partial charge in [-0.3, -0.25) is 19.2 Å². The standard InChI is InChI=1S/C22H39N5O6/c1-12(2)10-16(20(30)25-15(22(32)33)7-8-18(23)28)27-21(31)17(11-13(3)4)26-19(29)14-6-5-9-24-14/h12-17,24H,5-11H2,1-4H3,(H2,23,28)(H,25,30)(H,26,29)(H,27,31)(H,32,33). The zero-order chi connectivity index (χ0) is 25.1. The number of nitrogens with one attached hydrogen (secondary N) is 4. The van der Waals surface area contributed by atoms with Crippen LogP contribution in [0.3, 0.4) is 0 Å². The summed E-state index contributed by atoms with van der Waals surface area (Å²) in [6.07, 6.45) is 1.89. The van der Waals surface area contributed by atoms with E-state index in [0.717, 1.165) is 13.0 Å². The van der Waals surface area contributed by atoms with Crippen molar-refractivity contribution in [3.8, 4) is 0 Å². The van der Waals surface area contributed by atoms with Crippen molar-refractivity contribution < 1.29 is 29.1 Å². The second-order valence-electron chi connectivity index (χ2n) is 9.43. The molecule has 11 heteroatoms. The van der Waals surface area contributed by atoms with Crippen molar-refractivity contribution in [2.75, 3.05) is 6.54 Å². The first-order valence-corrected chi connectivity index (χ1v) is 11.6. The van der Waals surface area contributed by atoms with Gasteiger partial charge >= 0.3 is 5.97 Å². The van der Waals surface area contributed by atoms with Crippen molar-refractivity contribution in [1.29, 1.82) is 0 Å². The summed E-state index contributed by atoms with van der Waals surface area (Å²) in [6, 6.07) is -3.48. The molecule has 33 heavy (non-hydrogen) atoms. The third-order valence-corrected chi connectivity index (χ3v) is 5.35. The maximum atomic E-state index is 13.1. The van der Waals surface area contributed by atoms with Crippen LogP contribution in [-0.2, 0) is 24.0 Å². The number of amides is 4. The first kappa shape index (κ1) is 28.3. The monoisotopic (exact) mass is 469 g/mol. The van der Waals surface area contributed by atoms with Crippen LogP contribution >= 0.6 is 0 Å². The van der Waals surface area contributed by atoms with E-state index in [1.807, 2.05) is 27.7 Å². The van der Waals surface area contributed by atoms with Crippen molar-refractivity contribution in [1.82, 2.24) is 21.3 Å². The van der Waals surface area contributed by atoms with Crippen LogP contribution < -0.4 is 27.0 Å². The maximum absolute atomic E-state index is 13.1. The van der Waals surface area contributed by atoms with E-state index in [1.165, 1.54) is 0 Å². The highest BCUT2D eigenvalue weighted by molar-refractivity contribution is 5.94. The maximum Gasteiger partial charge on any atom is 0.326 e. The predicted octanol–water partition coefficient (Wildman–Crippen LogP) is -0.365. The zero-order valence-electron chi connectivity index (χ0n) is 20.0. The molecule has 1 rings (SSSR count). The van der Waals surface area contributed by atoms with Gasteiger partial charge in [-0.2, -0.15) is 0 Å². The highest BCUT2D eigenvalue weighted by Gasteiger charge is 2.32. The first-order valence-electron chi connectivity index (χ1n) is 11.6. The van der Waals surface area contributed by atoms with Crippen LogP contribution in [0.5, 0.6) is 0 Å². The van der Waals surface area contributed by atoms with Gasteiger partial charge in [0.1, 0.15) is 18.1 Å². The summed E-state index contributed by atoms with van der Waals surface area (Å²) < 4.78 is 0. The normalized spacial score (nSPS) is 18.4. The van der Waals surface area contributed by atoms with Crippen molar-refractivity contribution in [3.63, 3.8) is 0 Å². The van der Waals surface area contributed by atoms with E-state index >= 15 is 0 Å². The summed E-state index contributed by atoms with van der Waals surface area (Å²) >= 11 is 0. The van der Waals surface area contributed by atoms with Gasteiger partial charge in [0.2, 0.25) is 23.6 Å². The van der Waals surface area contributed by atoms with Gasteiger partial charge in [0.15, 0.2) is 0 Å². The highest BCUT2D eigenvalue weighted by Crippen LogP contribution is 2.11. The van der Waals surface area contributed by atoms with Crippen molar-refractivity contribution in [2.24, 2.45) is 17.6 Å². The molecule has 0 saturated carbocycles. The molecular weight excluding hydrogens is 430 g/mol. The molecule has 0 bridgehead atoms. The van der Waals surface area contributed by atoms with Gasteiger partial charge in [0, 0.05) is 6.42 Å². The van der Waals surface area contributed by atoms with E-state index in [4.69, 9.17) is 5.73 Å². The Morgan fingerprint density at radius 3 is 1.85 bits per heavy atom. The quantitative estimate of drug-likeness (QED) is 0.201. The van der Waals surface area contributed by atoms with E-state index in [2.05, 4.69) is 21.3 Å². The minimum absolute atomic E-state index is 0.0239. The van der Waals surface area contributed by atoms with Gasteiger partial charge in [0.05, 0.1) is 6.04 Å². The fourth-order valence-corrected chi connectivity index (χ4v) is 3.68. The Morgan fingerprint density at radius 2 is 1.42 bits per heavy atom. The molecule has 7 N–H and O–H groups in total. The van der Waals surface area contributed by atoms with Gasteiger partial charge in [-0.1, -0.05) is 27.7 Å². The summed E-state index contributed by atoms with van der Waals surface area (Å²) in [6.45, 7) is 8.33. The van der Waals surface area contributed by atoms with Crippen LogP contribution in [0.25, 0.3) is 0 Å². The average Bonchev–Trinajstić information content (AvgIpc) is 3.23. The van der Waals surface area contributed by atoms with E-state index in [-0.39, 0.29) is 43.0 Å². The number of hydrogen-bond acceptors (Lipinski definition) is 6. The third kappa shape index (κ3) is 10.6. The van der Waals surface area contributed by atoms with E-state index in [1.54, 1.807) is 0 Å². The van der Waals surface area contributed by atoms with Crippen LogP contribution in [-0.4, -0.2) is 65.4 Å². The lowest BCUT2D eigenvalue weighted by atomic mass is 9.99. The minimum Gasteiger partial charge on any atom is -0.480 e. The lowest BCUT2D eigenvalue weighted by Gasteiger charge is -2.26. The van der Waals surface area contributed by atoms with Crippen LogP contribution in [0.15, 0.2) is 0 Å². The van der Waals surface area contributed by atoms with Crippen molar-refractivity contribution in [3.05, 3.63) is 0 Å². The van der Waals surface area contributed by atoms with Crippen LogP contribution in [0.4, 0.5) is 0 Å². The molecule has 11 nitrogen and oxygen atoms in total. The fourth-order valence-electron chi connectivity index (χ4n) is 3.68. The molecule has 1 saturated heterocycles. The lowest BCUT2D eigenvalue weighted by Crippen LogP contribution is -2.57. The van der Waals surface area contributed by atoms with Gasteiger partial charge in [-0.25, -0.2) is 4.79 Å². The molecule has 4 atom stereocenters. The fraction of sp³-hybridized carbons (Fsp3) is 0.773. The molecule has 1 fully saturated rings. The van der Waals surface area contributed by atoms with E-state index in [0.29, 0.717) is 12.8 Å². The number of nitrogens with two attached hydrogens (primary N) is 1. The largest absolute Gasteiger partial charge is 0.480 e. The Hall–Kier alpha value is -2.69. The molecule has 1 aliphatic heterocycles. The van der Waals surface area contributed by atoms with Gasteiger partial charge in [-0.15, -0.1) is 0 Å². The van der Waals surface area contributed by atoms with Crippen LogP contribution in [0.1, 0.15) is 66.2 Å². The second-order valence-corrected chi connectivity index (χ2v) is 9.43. The molecular formula is C22H39N5O6. The molecule has 0 radical (unpaired) electrons. The molecule has 4 amide bonds. The van der Waals surface area contributed by atoms with Crippen LogP contribution in [0, 0.1) is 11.8 Å². The number of carbonyl (C=O) groups is 5. The molecule has 1 heterocycles. The molecule has 0 aliphatic carbocycles. The number of primary amides is 1. The first-order chi connectivity index (χ1) is 15.4. The number of carboxylic acid groups (broad SMARTS) is 1. The number of aliphatic carboxylic acids is 1. The van der Waals surface area contributed by atoms with Crippen LogP contribution in [0.2, 0.25) is 0 Å². The number of carboxylic acids is 1. The molecule has 188 valence electrons. The average molecular weight is 470 g/mol. The van der Waals surface area contributed by atoms with E-state index < -0.39 is 41.8 Å². The molecule has 0 aromatic carbocycles. The Kier molecular flexibility index (Phi) is 11.8. The van der Waals surface area contributed by atoms with Gasteiger partial charge in [0.25, 0.3) is 0 Å². The molecule has 0 aromatic heterocycles. The second kappa shape index (κ2) is 13.8. The Morgan fingerprint density at radius 1 is 0.909 bits per heavy atom. The summed E-state index contributed by atoms with van der Waals surface area (Å²) in [7, 11) is 0. The molecule has 4 unspecified atom stereocenters. The summed E-state index contributed by atoms with van der Waals surface area (Å²) in [5.41, 5.74) is 5.08. The van der Waals surface area contributed by atoms with Crippen molar-refractivity contribution >= 4 is 29.6 Å². The van der Waals surface area contributed by atoms with Gasteiger partial charge in [-0.05, 0) is 50.5 Å². The lowest BCUT2D eigenvalue weighted by molar-refractivity contribution is -0.142. The Bertz CT molecular complexity index is 705. The summed E-state index contributed by atoms with van der Waals surface area (Å²) in [5.74, 6) is -3.26. The molecule has 1 aliphatic rings. The third-order valence-electron chi connectivity index (χ3n) is 5.35. The Labute approximate surface area is 195 Å². The minimum atomic E-state index is -1.31. The number of carbonyl (C=O) groups excluding carboxylic acids is 4. The zero-order valence-corrected chi connectivity index (χ0v) is 20.0. The predicted molar refractivity (Wildman–Crippen MR) is 122 cm³/mol.